The highest BCUT2D eigenvalue weighted by Gasteiger charge is 2.48. The molecule has 0 radical (unpaired) electrons. The molecule has 1 N–H and O–H groups in total. The van der Waals surface area contributed by atoms with Crippen LogP contribution in [0, 0.1) is 0 Å². The van der Waals surface area contributed by atoms with E-state index in [4.69, 9.17) is 0 Å². The van der Waals surface area contributed by atoms with Crippen molar-refractivity contribution in [2.45, 2.75) is 31.0 Å². The molecule has 2 fully saturated rings. The maximum absolute atomic E-state index is 13.1. The first-order valence-corrected chi connectivity index (χ1v) is 6.85. The third-order valence-electron chi connectivity index (χ3n) is 3.83. The van der Waals surface area contributed by atoms with Crippen molar-refractivity contribution in [3.63, 3.8) is 0 Å². The summed E-state index contributed by atoms with van der Waals surface area (Å²) in [7, 11) is 0. The zero-order valence-corrected chi connectivity index (χ0v) is 11.6. The average molecular weight is 332 g/mol. The van der Waals surface area contributed by atoms with Gasteiger partial charge in [0.15, 0.2) is 0 Å². The summed E-state index contributed by atoms with van der Waals surface area (Å²) in [5, 5.41) is 2.67. The Labute approximate surface area is 128 Å². The molecule has 2 aliphatic heterocycles. The lowest BCUT2D eigenvalue weighted by Gasteiger charge is -2.27. The molecule has 2 bridgehead atoms. The van der Waals surface area contributed by atoms with E-state index in [0.29, 0.717) is 6.42 Å². The van der Waals surface area contributed by atoms with Gasteiger partial charge in [0, 0.05) is 12.6 Å². The Hall–Kier alpha value is -2.32. The van der Waals surface area contributed by atoms with Crippen molar-refractivity contribution < 1.29 is 31.9 Å². The Kier molecular flexibility index (Phi) is 3.65. The number of carbonyl (C=O) groups excluding carboxylic acids is 2. The highest BCUT2D eigenvalue weighted by Crippen LogP contribution is 2.32. The fraction of sp³-hybridized carbons (Fsp3) is 0.429. The number of hydrogen-bond acceptors (Lipinski definition) is 3. The second-order valence-electron chi connectivity index (χ2n) is 5.38. The fourth-order valence-corrected chi connectivity index (χ4v) is 2.79. The third-order valence-corrected chi connectivity index (χ3v) is 3.83. The van der Waals surface area contributed by atoms with Gasteiger partial charge in [0.2, 0.25) is 5.91 Å². The molecule has 2 heterocycles. The zero-order chi connectivity index (χ0) is 16.8. The number of rotatable bonds is 4. The number of fused-ring (bicyclic) bond motifs is 2. The number of para-hydroxylation sites is 1. The Morgan fingerprint density at radius 2 is 2.04 bits per heavy atom. The van der Waals surface area contributed by atoms with E-state index in [-0.39, 0.29) is 24.1 Å². The number of halogens is 4. The normalized spacial score (nSPS) is 23.3. The van der Waals surface area contributed by atoms with Crippen LogP contribution in [-0.4, -0.2) is 47.9 Å². The number of amides is 2. The van der Waals surface area contributed by atoms with Crippen LogP contribution in [0.5, 0.6) is 5.75 Å². The molecule has 0 unspecified atom stereocenters. The van der Waals surface area contributed by atoms with Gasteiger partial charge >= 0.3 is 12.5 Å². The summed E-state index contributed by atoms with van der Waals surface area (Å²) in [5.41, 5.74) is -0.284. The molecule has 124 valence electrons. The van der Waals surface area contributed by atoms with Gasteiger partial charge in [0.1, 0.15) is 11.8 Å². The van der Waals surface area contributed by atoms with Gasteiger partial charge in [0.05, 0.1) is 5.56 Å². The summed E-state index contributed by atoms with van der Waals surface area (Å²) < 4.78 is 54.8. The van der Waals surface area contributed by atoms with Crippen molar-refractivity contribution in [3.05, 3.63) is 29.8 Å². The summed E-state index contributed by atoms with van der Waals surface area (Å²) in [6, 6.07) is 4.05. The van der Waals surface area contributed by atoms with Crippen LogP contribution < -0.4 is 10.1 Å². The van der Waals surface area contributed by atoms with Crippen molar-refractivity contribution in [3.8, 4) is 5.75 Å². The number of hydrogen-bond donors (Lipinski definition) is 1. The Bertz CT molecular complexity index is 653. The van der Waals surface area contributed by atoms with Crippen LogP contribution in [0.25, 0.3) is 0 Å². The highest BCUT2D eigenvalue weighted by molar-refractivity contribution is 6.01. The largest absolute Gasteiger partial charge is 0.461 e. The van der Waals surface area contributed by atoms with Gasteiger partial charge in [0.25, 0.3) is 5.91 Å². The molecule has 0 saturated carbocycles. The minimum absolute atomic E-state index is 0.174. The van der Waals surface area contributed by atoms with Crippen LogP contribution in [0.15, 0.2) is 24.3 Å². The lowest BCUT2D eigenvalue weighted by atomic mass is 10.1. The van der Waals surface area contributed by atoms with Crippen molar-refractivity contribution >= 4 is 11.8 Å². The molecule has 2 amide bonds. The van der Waals surface area contributed by atoms with Crippen molar-refractivity contribution in [2.75, 3.05) is 6.54 Å². The predicted molar refractivity (Wildman–Crippen MR) is 69.4 cm³/mol. The number of benzene rings is 1. The lowest BCUT2D eigenvalue weighted by Crippen LogP contribution is -2.50. The van der Waals surface area contributed by atoms with E-state index < -0.39 is 30.2 Å². The predicted octanol–water partition coefficient (Wildman–Crippen LogP) is 1.64. The van der Waals surface area contributed by atoms with Crippen molar-refractivity contribution in [1.29, 1.82) is 0 Å². The molecule has 9 heteroatoms. The Morgan fingerprint density at radius 1 is 1.35 bits per heavy atom. The van der Waals surface area contributed by atoms with Crippen LogP contribution in [-0.2, 0) is 4.79 Å². The summed E-state index contributed by atoms with van der Waals surface area (Å²) in [6.07, 6.45) is -8.29. The summed E-state index contributed by atoms with van der Waals surface area (Å²) in [5.74, 6) is -1.66. The molecular weight excluding hydrogens is 320 g/mol. The molecule has 23 heavy (non-hydrogen) atoms. The molecule has 5 nitrogen and oxygen atoms in total. The zero-order valence-electron chi connectivity index (χ0n) is 11.6. The van der Waals surface area contributed by atoms with Crippen molar-refractivity contribution in [2.24, 2.45) is 0 Å². The number of carbonyl (C=O) groups is 2. The molecule has 1 aromatic carbocycles. The standard InChI is InChI=1S/C14H12F4N2O3/c15-13(16)14(17,18)23-10-4-2-1-3-8(10)12(22)20-6-7-5-9(20)11(21)19-7/h1-4,7,9,13H,5-6H2,(H,19,21)/t7-,9-/m0/s1. The summed E-state index contributed by atoms with van der Waals surface area (Å²) in [6.45, 7) is 0.245. The molecule has 3 rings (SSSR count). The topological polar surface area (TPSA) is 58.6 Å². The van der Waals surface area contributed by atoms with E-state index in [1.165, 1.54) is 23.1 Å². The summed E-state index contributed by atoms with van der Waals surface area (Å²) in [4.78, 5) is 25.4. The van der Waals surface area contributed by atoms with Crippen LogP contribution in [0.2, 0.25) is 0 Å². The molecule has 0 aromatic heterocycles. The van der Waals surface area contributed by atoms with Gasteiger partial charge in [-0.2, -0.15) is 17.6 Å². The molecule has 0 aliphatic carbocycles. The maximum Gasteiger partial charge on any atom is 0.461 e. The highest BCUT2D eigenvalue weighted by atomic mass is 19.3. The van der Waals surface area contributed by atoms with Gasteiger partial charge in [-0.3, -0.25) is 9.59 Å². The van der Waals surface area contributed by atoms with Crippen LogP contribution >= 0.6 is 0 Å². The van der Waals surface area contributed by atoms with Crippen LogP contribution in [0.4, 0.5) is 17.6 Å². The quantitative estimate of drug-likeness (QED) is 0.853. The van der Waals surface area contributed by atoms with Gasteiger partial charge in [-0.05, 0) is 18.6 Å². The van der Waals surface area contributed by atoms with E-state index in [1.54, 1.807) is 0 Å². The number of nitrogens with zero attached hydrogens (tertiary/aromatic N) is 1. The smallest absolute Gasteiger partial charge is 0.427 e. The molecule has 0 spiro atoms. The second-order valence-corrected chi connectivity index (χ2v) is 5.38. The van der Waals surface area contributed by atoms with Gasteiger partial charge < -0.3 is 15.0 Å². The third kappa shape index (κ3) is 2.71. The van der Waals surface area contributed by atoms with Gasteiger partial charge in [-0.15, -0.1) is 0 Å². The van der Waals surface area contributed by atoms with E-state index in [9.17, 15) is 27.2 Å². The van der Waals surface area contributed by atoms with Gasteiger partial charge in [-0.25, -0.2) is 0 Å². The minimum atomic E-state index is -4.71. The SMILES string of the molecule is O=C1N[C@H]2C[C@@H]1N(C(=O)c1ccccc1OC(F)(F)C(F)F)C2. The van der Waals surface area contributed by atoms with Crippen molar-refractivity contribution in [1.82, 2.24) is 10.2 Å². The first-order valence-electron chi connectivity index (χ1n) is 6.85. The fourth-order valence-electron chi connectivity index (χ4n) is 2.79. The average Bonchev–Trinajstić information content (AvgIpc) is 3.05. The summed E-state index contributed by atoms with van der Waals surface area (Å²) >= 11 is 0. The number of nitrogens with one attached hydrogen (secondary N) is 1. The molecule has 2 saturated heterocycles. The molecule has 2 aliphatic rings. The van der Waals surface area contributed by atoms with Gasteiger partial charge in [-0.1, -0.05) is 12.1 Å². The Balaban J connectivity index is 1.86. The minimum Gasteiger partial charge on any atom is -0.427 e. The van der Waals surface area contributed by atoms with E-state index in [2.05, 4.69) is 10.1 Å². The molecule has 2 atom stereocenters. The molecular formula is C14H12F4N2O3. The lowest BCUT2D eigenvalue weighted by molar-refractivity contribution is -0.253. The molecule has 1 aromatic rings. The first-order chi connectivity index (χ1) is 10.8. The number of piperazine rings is 1. The van der Waals surface area contributed by atoms with E-state index in [1.807, 2.05) is 0 Å². The van der Waals surface area contributed by atoms with Crippen LogP contribution in [0.1, 0.15) is 16.8 Å². The Morgan fingerprint density at radius 3 is 2.65 bits per heavy atom. The first kappa shape index (κ1) is 15.6. The van der Waals surface area contributed by atoms with E-state index in [0.717, 1.165) is 6.07 Å². The number of ether oxygens (including phenoxy) is 1. The van der Waals surface area contributed by atoms with E-state index >= 15 is 0 Å². The number of likely N-dealkylation sites (tertiary alicyclic amines) is 1. The van der Waals surface area contributed by atoms with Crippen LogP contribution in [0.3, 0.4) is 0 Å². The second kappa shape index (κ2) is 5.39. The monoisotopic (exact) mass is 332 g/mol. The maximum atomic E-state index is 13.1. The number of alkyl halides is 4.